The molecule has 3 aromatic rings. The Balaban J connectivity index is 1.60. The number of alkyl halides is 3. The molecule has 1 heterocycles. The van der Waals surface area contributed by atoms with Crippen LogP contribution in [0, 0.1) is 0 Å². The number of aromatic nitrogens is 3. The first-order valence-corrected chi connectivity index (χ1v) is 11.4. The van der Waals surface area contributed by atoms with Crippen LogP contribution in [-0.4, -0.2) is 26.4 Å². The molecule has 3 rings (SSSR count). The van der Waals surface area contributed by atoms with Gasteiger partial charge in [-0.05, 0) is 49.2 Å². The van der Waals surface area contributed by atoms with Gasteiger partial charge < -0.3 is 14.6 Å². The fourth-order valence-electron chi connectivity index (χ4n) is 2.98. The highest BCUT2D eigenvalue weighted by Crippen LogP contribution is 2.34. The molecule has 0 radical (unpaired) electrons. The lowest BCUT2D eigenvalue weighted by molar-refractivity contribution is -0.137. The first-order chi connectivity index (χ1) is 15.6. The van der Waals surface area contributed by atoms with Crippen molar-refractivity contribution in [2.75, 3.05) is 11.1 Å². The summed E-state index contributed by atoms with van der Waals surface area (Å²) in [4.78, 5) is 12.3. The predicted molar refractivity (Wildman–Crippen MR) is 122 cm³/mol. The molecule has 0 aliphatic heterocycles. The molecule has 0 aliphatic carbocycles. The molecule has 0 unspecified atom stereocenters. The van der Waals surface area contributed by atoms with Gasteiger partial charge in [0.25, 0.3) is 0 Å². The van der Waals surface area contributed by atoms with Crippen LogP contribution in [0.25, 0.3) is 0 Å². The van der Waals surface area contributed by atoms with E-state index in [0.717, 1.165) is 36.4 Å². The van der Waals surface area contributed by atoms with Gasteiger partial charge in [-0.3, -0.25) is 4.79 Å². The van der Waals surface area contributed by atoms with Crippen LogP contribution in [0.2, 0.25) is 5.02 Å². The normalized spacial score (nSPS) is 12.5. The van der Waals surface area contributed by atoms with Gasteiger partial charge in [0, 0.05) is 7.05 Å². The van der Waals surface area contributed by atoms with Crippen LogP contribution in [0.5, 0.6) is 5.75 Å². The molecule has 1 atom stereocenters. The van der Waals surface area contributed by atoms with Crippen LogP contribution >= 0.6 is 23.4 Å². The summed E-state index contributed by atoms with van der Waals surface area (Å²) in [5, 5.41) is 11.1. The third-order valence-corrected chi connectivity index (χ3v) is 6.13. The van der Waals surface area contributed by atoms with Gasteiger partial charge >= 0.3 is 6.18 Å². The number of halogens is 4. The first kappa shape index (κ1) is 24.9. The fraction of sp³-hybridized carbons (Fsp3) is 0.318. The van der Waals surface area contributed by atoms with E-state index in [9.17, 15) is 18.0 Å². The van der Waals surface area contributed by atoms with Crippen molar-refractivity contribution in [1.29, 1.82) is 0 Å². The molecular weight excluding hydrogens is 477 g/mol. The molecule has 0 bridgehead atoms. The van der Waals surface area contributed by atoms with E-state index < -0.39 is 17.6 Å². The van der Waals surface area contributed by atoms with Gasteiger partial charge in [0.2, 0.25) is 5.91 Å². The Kier molecular flexibility index (Phi) is 7.91. The molecule has 176 valence electrons. The smallest absolute Gasteiger partial charge is 0.416 e. The number of rotatable bonds is 8. The summed E-state index contributed by atoms with van der Waals surface area (Å²) < 4.78 is 46.3. The summed E-state index contributed by atoms with van der Waals surface area (Å²) in [5.74, 6) is 0.658. The number of carbonyl (C=O) groups is 1. The molecule has 1 aromatic heterocycles. The largest absolute Gasteiger partial charge is 0.483 e. The molecule has 1 amide bonds. The second-order valence-electron chi connectivity index (χ2n) is 7.19. The van der Waals surface area contributed by atoms with Gasteiger partial charge in [-0.25, -0.2) is 0 Å². The lowest BCUT2D eigenvalue weighted by atomic mass is 10.2. The second kappa shape index (κ2) is 10.5. The molecule has 0 spiro atoms. The molecule has 0 aliphatic rings. The van der Waals surface area contributed by atoms with E-state index in [4.69, 9.17) is 16.3 Å². The van der Waals surface area contributed by atoms with Crippen molar-refractivity contribution in [3.05, 3.63) is 64.4 Å². The number of hydrogen-bond acceptors (Lipinski definition) is 5. The van der Waals surface area contributed by atoms with Crippen molar-refractivity contribution in [2.45, 2.75) is 37.7 Å². The van der Waals surface area contributed by atoms with Crippen LogP contribution in [0.3, 0.4) is 0 Å². The molecular formula is C22H22ClF3N4O2S. The number of aryl methyl sites for hydroxylation is 1. The topological polar surface area (TPSA) is 69.0 Å². The zero-order valence-electron chi connectivity index (χ0n) is 18.1. The van der Waals surface area contributed by atoms with Crippen molar-refractivity contribution in [3.63, 3.8) is 0 Å². The van der Waals surface area contributed by atoms with E-state index in [0.29, 0.717) is 16.7 Å². The number of thioether (sulfide) groups is 1. The third-order valence-electron chi connectivity index (χ3n) is 4.78. The Morgan fingerprint density at radius 2 is 1.91 bits per heavy atom. The highest BCUT2D eigenvalue weighted by Gasteiger charge is 2.31. The summed E-state index contributed by atoms with van der Waals surface area (Å²) in [7, 11) is 1.75. The van der Waals surface area contributed by atoms with E-state index in [1.165, 1.54) is 5.56 Å². The minimum Gasteiger partial charge on any atom is -0.483 e. The molecule has 1 N–H and O–H groups in total. The van der Waals surface area contributed by atoms with Crippen molar-refractivity contribution in [2.24, 2.45) is 7.05 Å². The van der Waals surface area contributed by atoms with Crippen LogP contribution < -0.4 is 10.1 Å². The minimum atomic E-state index is -4.54. The number of amides is 1. The zero-order valence-corrected chi connectivity index (χ0v) is 19.7. The quantitative estimate of drug-likeness (QED) is 0.390. The Hall–Kier alpha value is -2.72. The summed E-state index contributed by atoms with van der Waals surface area (Å²) in [6.45, 7) is 3.92. The van der Waals surface area contributed by atoms with Gasteiger partial charge in [0.15, 0.2) is 17.1 Å². The highest BCUT2D eigenvalue weighted by molar-refractivity contribution is 7.99. The van der Waals surface area contributed by atoms with E-state index in [1.807, 2.05) is 31.2 Å². The summed E-state index contributed by atoms with van der Waals surface area (Å²) in [5.41, 5.74) is 0.204. The van der Waals surface area contributed by atoms with Gasteiger partial charge in [0.05, 0.1) is 22.0 Å². The molecule has 2 aromatic carbocycles. The van der Waals surface area contributed by atoms with Crippen LogP contribution in [0.1, 0.15) is 36.9 Å². The zero-order chi connectivity index (χ0) is 24.2. The van der Waals surface area contributed by atoms with Crippen LogP contribution in [0.15, 0.2) is 47.6 Å². The fourth-order valence-corrected chi connectivity index (χ4v) is 3.86. The maximum Gasteiger partial charge on any atom is 0.416 e. The van der Waals surface area contributed by atoms with Gasteiger partial charge in [-0.2, -0.15) is 13.2 Å². The number of nitrogens with zero attached hydrogens (tertiary/aromatic N) is 3. The predicted octanol–water partition coefficient (Wildman–Crippen LogP) is 5.92. The lowest BCUT2D eigenvalue weighted by Gasteiger charge is -2.14. The van der Waals surface area contributed by atoms with Crippen molar-refractivity contribution in [3.8, 4) is 5.75 Å². The van der Waals surface area contributed by atoms with E-state index in [1.54, 1.807) is 11.6 Å². The Labute approximate surface area is 198 Å². The Morgan fingerprint density at radius 1 is 1.21 bits per heavy atom. The van der Waals surface area contributed by atoms with E-state index in [2.05, 4.69) is 22.4 Å². The number of hydrogen-bond donors (Lipinski definition) is 1. The molecule has 11 heteroatoms. The van der Waals surface area contributed by atoms with Gasteiger partial charge in [-0.1, -0.05) is 42.4 Å². The average Bonchev–Trinajstić information content (AvgIpc) is 3.14. The van der Waals surface area contributed by atoms with Gasteiger partial charge in [0.1, 0.15) is 5.75 Å². The SMILES string of the molecule is CCc1ccc(O[C@@H](C)c2nnc(SCC(=O)Nc3cc(C(F)(F)F)ccc3Cl)n2C)cc1. The summed E-state index contributed by atoms with van der Waals surface area (Å²) in [6.07, 6.45) is -3.99. The maximum absolute atomic E-state index is 12.9. The van der Waals surface area contributed by atoms with Gasteiger partial charge in [-0.15, -0.1) is 10.2 Å². The second-order valence-corrected chi connectivity index (χ2v) is 8.54. The third kappa shape index (κ3) is 6.42. The summed E-state index contributed by atoms with van der Waals surface area (Å²) >= 11 is 7.02. The Morgan fingerprint density at radius 3 is 2.55 bits per heavy atom. The van der Waals surface area contributed by atoms with Crippen LogP contribution in [0.4, 0.5) is 18.9 Å². The molecule has 0 saturated carbocycles. The average molecular weight is 499 g/mol. The van der Waals surface area contributed by atoms with Crippen LogP contribution in [-0.2, 0) is 24.4 Å². The molecule has 33 heavy (non-hydrogen) atoms. The molecule has 0 fully saturated rings. The minimum absolute atomic E-state index is 0.0141. The van der Waals surface area contributed by atoms with E-state index >= 15 is 0 Å². The number of carbonyl (C=O) groups excluding carboxylic acids is 1. The van der Waals surface area contributed by atoms with E-state index in [-0.39, 0.29) is 22.6 Å². The number of anilines is 1. The monoisotopic (exact) mass is 498 g/mol. The standard InChI is InChI=1S/C22H22ClF3N4O2S/c1-4-14-5-8-16(9-6-14)32-13(2)20-28-29-21(30(20)3)33-12-19(31)27-18-11-15(22(24,25)26)7-10-17(18)23/h5-11,13H,4,12H2,1-3H3,(H,27,31)/t13-/m0/s1. The molecule has 0 saturated heterocycles. The molecule has 6 nitrogen and oxygen atoms in total. The lowest BCUT2D eigenvalue weighted by Crippen LogP contribution is -2.16. The van der Waals surface area contributed by atoms with Crippen molar-refractivity contribution in [1.82, 2.24) is 14.8 Å². The number of benzene rings is 2. The Bertz CT molecular complexity index is 1120. The number of ether oxygens (including phenoxy) is 1. The number of nitrogens with one attached hydrogen (secondary N) is 1. The highest BCUT2D eigenvalue weighted by atomic mass is 35.5. The first-order valence-electron chi connectivity index (χ1n) is 10.0. The van der Waals surface area contributed by atoms with Crippen molar-refractivity contribution < 1.29 is 22.7 Å². The summed E-state index contributed by atoms with van der Waals surface area (Å²) in [6, 6.07) is 10.5. The maximum atomic E-state index is 12.9. The van der Waals surface area contributed by atoms with Crippen molar-refractivity contribution >= 4 is 35.0 Å².